The lowest BCUT2D eigenvalue weighted by Gasteiger charge is -2.23. The molecule has 0 radical (unpaired) electrons. The Bertz CT molecular complexity index is 1760. The number of thioether (sulfide) groups is 1. The molecule has 1 aliphatic heterocycles. The topological polar surface area (TPSA) is 111 Å². The molecule has 1 aliphatic rings. The quantitative estimate of drug-likeness (QED) is 0.0367. The van der Waals surface area contributed by atoms with Crippen LogP contribution >= 0.6 is 46.3 Å². The van der Waals surface area contributed by atoms with Crippen LogP contribution in [-0.2, 0) is 15.3 Å². The number of hydrogen-bond acceptors (Lipinski definition) is 10. The second-order valence-electron chi connectivity index (χ2n) is 10.1. The van der Waals surface area contributed by atoms with Crippen molar-refractivity contribution in [2.75, 3.05) is 25.2 Å². The molecule has 1 fully saturated rings. The van der Waals surface area contributed by atoms with Crippen LogP contribution in [0.5, 0.6) is 17.2 Å². The van der Waals surface area contributed by atoms with Crippen LogP contribution < -0.4 is 19.1 Å². The van der Waals surface area contributed by atoms with Gasteiger partial charge in [0.1, 0.15) is 11.5 Å². The van der Waals surface area contributed by atoms with Gasteiger partial charge in [-0.2, -0.15) is 0 Å². The second-order valence-corrected chi connectivity index (χ2v) is 13.1. The first-order valence-corrected chi connectivity index (χ1v) is 17.1. The van der Waals surface area contributed by atoms with Crippen LogP contribution in [0.1, 0.15) is 49.4 Å². The number of ether oxygens (including phenoxy) is 3. The maximum atomic E-state index is 13.7. The highest BCUT2D eigenvalue weighted by molar-refractivity contribution is 8.00. The number of carbonyl (C=O) groups excluding carboxylic acids is 2. The molecule has 0 bridgehead atoms. The summed E-state index contributed by atoms with van der Waals surface area (Å²) in [5, 5.41) is 21.4. The zero-order chi connectivity index (χ0) is 32.8. The lowest BCUT2D eigenvalue weighted by Crippen LogP contribution is -2.29. The Morgan fingerprint density at radius 2 is 1.78 bits per heavy atom. The fraction of sp³-hybridized carbons (Fsp3) is 0.273. The van der Waals surface area contributed by atoms with Crippen molar-refractivity contribution < 1.29 is 28.9 Å². The smallest absolute Gasteiger partial charge is 0.301 e. The molecular weight excluding hydrogens is 669 g/mol. The zero-order valence-electron chi connectivity index (χ0n) is 25.3. The van der Waals surface area contributed by atoms with E-state index < -0.39 is 17.7 Å². The Labute approximate surface area is 285 Å². The van der Waals surface area contributed by atoms with Crippen molar-refractivity contribution in [1.29, 1.82) is 0 Å². The average Bonchev–Trinajstić information content (AvgIpc) is 3.62. The Morgan fingerprint density at radius 1 is 1.00 bits per heavy atom. The number of amides is 1. The molecule has 240 valence electrons. The molecule has 9 nitrogen and oxygen atoms in total. The van der Waals surface area contributed by atoms with Crippen LogP contribution in [-0.4, -0.2) is 47.3 Å². The number of nitrogens with zero attached hydrogens (tertiary/aromatic N) is 3. The summed E-state index contributed by atoms with van der Waals surface area (Å²) < 4.78 is 17.7. The maximum absolute atomic E-state index is 13.7. The van der Waals surface area contributed by atoms with Gasteiger partial charge in [-0.1, -0.05) is 71.8 Å². The number of aliphatic hydroxyl groups is 1. The summed E-state index contributed by atoms with van der Waals surface area (Å²) in [4.78, 5) is 28.7. The molecule has 1 aromatic heterocycles. The van der Waals surface area contributed by atoms with Gasteiger partial charge in [-0.15, -0.1) is 10.2 Å². The third kappa shape index (κ3) is 7.28. The first-order valence-electron chi connectivity index (χ1n) is 14.5. The number of benzene rings is 3. The first-order chi connectivity index (χ1) is 22.2. The van der Waals surface area contributed by atoms with Gasteiger partial charge in [0.15, 0.2) is 15.8 Å². The second kappa shape index (κ2) is 15.2. The zero-order valence-corrected chi connectivity index (χ0v) is 28.4. The summed E-state index contributed by atoms with van der Waals surface area (Å²) in [5.74, 6) is 0.0491. The van der Waals surface area contributed by atoms with E-state index in [1.54, 1.807) is 54.6 Å². The van der Waals surface area contributed by atoms with E-state index in [2.05, 4.69) is 17.1 Å². The van der Waals surface area contributed by atoms with Gasteiger partial charge in [0, 0.05) is 21.4 Å². The summed E-state index contributed by atoms with van der Waals surface area (Å²) in [6.45, 7) is 4.81. The van der Waals surface area contributed by atoms with Gasteiger partial charge in [0.2, 0.25) is 5.13 Å². The van der Waals surface area contributed by atoms with Crippen LogP contribution in [0.4, 0.5) is 5.13 Å². The normalized spacial score (nSPS) is 15.8. The highest BCUT2D eigenvalue weighted by atomic mass is 35.5. The molecule has 0 spiro atoms. The molecule has 1 amide bonds. The fourth-order valence-corrected chi connectivity index (χ4v) is 7.22. The van der Waals surface area contributed by atoms with Crippen LogP contribution in [0.15, 0.2) is 70.6 Å². The van der Waals surface area contributed by atoms with Gasteiger partial charge >= 0.3 is 5.91 Å². The van der Waals surface area contributed by atoms with E-state index in [4.69, 9.17) is 37.4 Å². The minimum absolute atomic E-state index is 0.0883. The first kappa shape index (κ1) is 33.6. The minimum Gasteiger partial charge on any atom is -0.507 e. The van der Waals surface area contributed by atoms with Gasteiger partial charge in [-0.25, -0.2) is 0 Å². The van der Waals surface area contributed by atoms with E-state index >= 15 is 0 Å². The fourth-order valence-electron chi connectivity index (χ4n) is 4.79. The van der Waals surface area contributed by atoms with Crippen molar-refractivity contribution in [3.8, 4) is 17.2 Å². The van der Waals surface area contributed by atoms with Crippen LogP contribution in [0, 0.1) is 0 Å². The Hall–Kier alpha value is -3.77. The number of carbonyl (C=O) groups is 2. The molecule has 1 atom stereocenters. The van der Waals surface area contributed by atoms with E-state index in [9.17, 15) is 14.7 Å². The van der Waals surface area contributed by atoms with E-state index in [0.29, 0.717) is 61.7 Å². The highest BCUT2D eigenvalue weighted by Crippen LogP contribution is 2.46. The Morgan fingerprint density at radius 3 is 2.48 bits per heavy atom. The summed E-state index contributed by atoms with van der Waals surface area (Å²) in [6.07, 6.45) is 1.84. The molecule has 13 heteroatoms. The number of ketones is 1. The number of unbranched alkanes of at least 4 members (excludes halogenated alkanes) is 1. The monoisotopic (exact) mass is 699 g/mol. The summed E-state index contributed by atoms with van der Waals surface area (Å²) in [7, 11) is 1.53. The summed E-state index contributed by atoms with van der Waals surface area (Å²) >= 11 is 14.9. The van der Waals surface area contributed by atoms with Gasteiger partial charge < -0.3 is 19.3 Å². The Kier molecular flexibility index (Phi) is 11.1. The standard InChI is InChI=1S/C33H31Cl2N3O6S2/c1-4-6-15-44-25-14-10-20(16-26(25)43-5-2)28-27(29(39)19-8-12-23(42-3)13-9-19)30(40)31(41)38(28)32-36-37-33(46-32)45-18-21-7-11-22(34)17-24(21)35/h7-14,16-17,28,39H,4-6,15,18H2,1-3H3/b29-27+. The lowest BCUT2D eigenvalue weighted by molar-refractivity contribution is -0.132. The van der Waals surface area contributed by atoms with Crippen molar-refractivity contribution in [2.24, 2.45) is 0 Å². The number of anilines is 1. The molecule has 46 heavy (non-hydrogen) atoms. The minimum atomic E-state index is -1.03. The van der Waals surface area contributed by atoms with Gasteiger partial charge in [0.05, 0.1) is 31.9 Å². The van der Waals surface area contributed by atoms with Gasteiger partial charge in [0.25, 0.3) is 5.78 Å². The third-order valence-corrected chi connectivity index (χ3v) is 9.81. The summed E-state index contributed by atoms with van der Waals surface area (Å²) in [5.41, 5.74) is 1.65. The number of rotatable bonds is 13. The number of aromatic nitrogens is 2. The van der Waals surface area contributed by atoms with Crippen LogP contribution in [0.3, 0.4) is 0 Å². The average molecular weight is 701 g/mol. The number of halogens is 2. The largest absolute Gasteiger partial charge is 0.507 e. The highest BCUT2D eigenvalue weighted by Gasteiger charge is 2.48. The number of hydrogen-bond donors (Lipinski definition) is 1. The van der Waals surface area contributed by atoms with Crippen molar-refractivity contribution in [3.05, 3.63) is 93.0 Å². The third-order valence-electron chi connectivity index (χ3n) is 7.11. The molecule has 3 aromatic carbocycles. The van der Waals surface area contributed by atoms with E-state index in [0.717, 1.165) is 29.7 Å². The van der Waals surface area contributed by atoms with Crippen LogP contribution in [0.25, 0.3) is 5.76 Å². The molecule has 0 aliphatic carbocycles. The Balaban J connectivity index is 1.56. The summed E-state index contributed by atoms with van der Waals surface area (Å²) in [6, 6.07) is 16.0. The molecule has 1 N–H and O–H groups in total. The lowest BCUT2D eigenvalue weighted by atomic mass is 9.95. The predicted molar refractivity (Wildman–Crippen MR) is 182 cm³/mol. The van der Waals surface area contributed by atoms with E-state index in [-0.39, 0.29) is 16.5 Å². The maximum Gasteiger partial charge on any atom is 0.301 e. The predicted octanol–water partition coefficient (Wildman–Crippen LogP) is 8.35. The number of methoxy groups -OCH3 is 1. The molecular formula is C33H31Cl2N3O6S2. The number of aliphatic hydroxyl groups excluding tert-OH is 1. The van der Waals surface area contributed by atoms with Crippen molar-refractivity contribution >= 4 is 68.9 Å². The van der Waals surface area contributed by atoms with E-state index in [1.807, 2.05) is 13.0 Å². The molecule has 1 saturated heterocycles. The molecule has 4 aromatic rings. The van der Waals surface area contributed by atoms with E-state index in [1.165, 1.54) is 23.8 Å². The molecule has 1 unspecified atom stereocenters. The SMILES string of the molecule is CCCCOc1ccc(C2/C(=C(\O)c3ccc(OC)cc3)C(=O)C(=O)N2c2nnc(SCc3ccc(Cl)cc3Cl)s2)cc1OCC. The van der Waals surface area contributed by atoms with Gasteiger partial charge in [-0.05, 0) is 73.0 Å². The molecule has 0 saturated carbocycles. The number of Topliss-reactive ketones (excluding diaryl/α,β-unsaturated/α-hetero) is 1. The van der Waals surface area contributed by atoms with Gasteiger partial charge in [-0.3, -0.25) is 14.5 Å². The van der Waals surface area contributed by atoms with Crippen molar-refractivity contribution in [3.63, 3.8) is 0 Å². The van der Waals surface area contributed by atoms with Crippen LogP contribution in [0.2, 0.25) is 10.0 Å². The van der Waals surface area contributed by atoms with Crippen molar-refractivity contribution in [1.82, 2.24) is 10.2 Å². The molecule has 2 heterocycles. The molecule has 5 rings (SSSR count). The van der Waals surface area contributed by atoms with Crippen molar-refractivity contribution in [2.45, 2.75) is 42.8 Å².